The predicted octanol–water partition coefficient (Wildman–Crippen LogP) is 2.90. The molecular weight excluding hydrogens is 210 g/mol. The first-order chi connectivity index (χ1) is 8.13. The summed E-state index contributed by atoms with van der Waals surface area (Å²) in [5.74, 6) is 0. The van der Waals surface area contributed by atoms with Crippen LogP contribution in [0.4, 0.5) is 0 Å². The molecule has 0 bridgehead atoms. The number of benzene rings is 1. The van der Waals surface area contributed by atoms with E-state index in [1.807, 2.05) is 13.3 Å². The van der Waals surface area contributed by atoms with Crippen molar-refractivity contribution in [3.8, 4) is 5.69 Å². The zero-order chi connectivity index (χ0) is 12.4. The summed E-state index contributed by atoms with van der Waals surface area (Å²) in [6, 6.07) is 8.47. The van der Waals surface area contributed by atoms with Crippen LogP contribution in [0.15, 0.2) is 30.6 Å². The Hall–Kier alpha value is -1.61. The van der Waals surface area contributed by atoms with E-state index in [0.29, 0.717) is 0 Å². The molecule has 0 radical (unpaired) electrons. The molecule has 1 heterocycles. The number of imidazole rings is 1. The molecule has 3 heteroatoms. The van der Waals surface area contributed by atoms with E-state index in [-0.39, 0.29) is 6.04 Å². The monoisotopic (exact) mass is 229 g/mol. The third-order valence-corrected chi connectivity index (χ3v) is 3.27. The molecule has 0 aliphatic rings. The van der Waals surface area contributed by atoms with Crippen LogP contribution in [0.2, 0.25) is 0 Å². The van der Waals surface area contributed by atoms with Gasteiger partial charge in [0.2, 0.25) is 0 Å². The molecular formula is C14H19N3. The van der Waals surface area contributed by atoms with E-state index in [4.69, 9.17) is 5.73 Å². The summed E-state index contributed by atoms with van der Waals surface area (Å²) in [5, 5.41) is 0. The van der Waals surface area contributed by atoms with Crippen molar-refractivity contribution in [1.29, 1.82) is 0 Å². The van der Waals surface area contributed by atoms with E-state index in [9.17, 15) is 0 Å². The highest BCUT2D eigenvalue weighted by Gasteiger charge is 2.07. The van der Waals surface area contributed by atoms with Crippen LogP contribution in [0, 0.1) is 13.8 Å². The van der Waals surface area contributed by atoms with Gasteiger partial charge in [-0.1, -0.05) is 19.1 Å². The van der Waals surface area contributed by atoms with Gasteiger partial charge in [0.1, 0.15) is 0 Å². The molecule has 90 valence electrons. The predicted molar refractivity (Wildman–Crippen MR) is 70.3 cm³/mol. The quantitative estimate of drug-likeness (QED) is 0.879. The maximum atomic E-state index is 6.06. The first-order valence-corrected chi connectivity index (χ1v) is 6.00. The van der Waals surface area contributed by atoms with Crippen LogP contribution in [0.25, 0.3) is 5.69 Å². The molecule has 2 aromatic rings. The Bertz CT molecular complexity index is 514. The molecule has 0 aliphatic heterocycles. The van der Waals surface area contributed by atoms with Crippen molar-refractivity contribution in [3.05, 3.63) is 47.5 Å². The van der Waals surface area contributed by atoms with E-state index >= 15 is 0 Å². The molecule has 1 unspecified atom stereocenters. The van der Waals surface area contributed by atoms with Crippen molar-refractivity contribution in [2.75, 3.05) is 0 Å². The molecule has 3 nitrogen and oxygen atoms in total. The van der Waals surface area contributed by atoms with Crippen molar-refractivity contribution in [2.24, 2.45) is 5.73 Å². The first-order valence-electron chi connectivity index (χ1n) is 6.00. The fourth-order valence-corrected chi connectivity index (χ4v) is 1.90. The molecule has 0 saturated heterocycles. The Morgan fingerprint density at radius 3 is 2.71 bits per heavy atom. The maximum Gasteiger partial charge on any atom is 0.0997 e. The van der Waals surface area contributed by atoms with E-state index in [1.54, 1.807) is 0 Å². The number of nitrogens with two attached hydrogens (primary N) is 1. The van der Waals surface area contributed by atoms with Gasteiger partial charge >= 0.3 is 0 Å². The van der Waals surface area contributed by atoms with Crippen molar-refractivity contribution in [3.63, 3.8) is 0 Å². The SMILES string of the molecule is CCC(N)c1cccc(-n2cnc(C)c2C)c1. The Morgan fingerprint density at radius 2 is 2.12 bits per heavy atom. The third-order valence-electron chi connectivity index (χ3n) is 3.27. The van der Waals surface area contributed by atoms with Gasteiger partial charge in [-0.25, -0.2) is 4.98 Å². The highest BCUT2D eigenvalue weighted by molar-refractivity contribution is 5.39. The number of aryl methyl sites for hydroxylation is 1. The van der Waals surface area contributed by atoms with Crippen molar-refractivity contribution >= 4 is 0 Å². The number of nitrogens with zero attached hydrogens (tertiary/aromatic N) is 2. The summed E-state index contributed by atoms with van der Waals surface area (Å²) in [6.07, 6.45) is 2.81. The Labute approximate surface area is 102 Å². The second kappa shape index (κ2) is 4.72. The summed E-state index contributed by atoms with van der Waals surface area (Å²) in [5.41, 5.74) is 10.6. The van der Waals surface area contributed by atoms with Gasteiger partial charge < -0.3 is 10.3 Å². The lowest BCUT2D eigenvalue weighted by Crippen LogP contribution is -2.09. The molecule has 1 aromatic carbocycles. The van der Waals surface area contributed by atoms with Gasteiger partial charge in [-0.15, -0.1) is 0 Å². The molecule has 1 aromatic heterocycles. The Kier molecular flexibility index (Phi) is 3.29. The maximum absolute atomic E-state index is 6.06. The lowest BCUT2D eigenvalue weighted by atomic mass is 10.0. The van der Waals surface area contributed by atoms with E-state index in [2.05, 4.69) is 47.7 Å². The average Bonchev–Trinajstić information content (AvgIpc) is 2.69. The number of rotatable bonds is 3. The van der Waals surface area contributed by atoms with Crippen molar-refractivity contribution in [1.82, 2.24) is 9.55 Å². The van der Waals surface area contributed by atoms with Crippen LogP contribution in [0.3, 0.4) is 0 Å². The Morgan fingerprint density at radius 1 is 1.35 bits per heavy atom. The van der Waals surface area contributed by atoms with Gasteiger partial charge in [0.25, 0.3) is 0 Å². The summed E-state index contributed by atoms with van der Waals surface area (Å²) in [4.78, 5) is 4.32. The van der Waals surface area contributed by atoms with E-state index in [1.165, 1.54) is 11.3 Å². The van der Waals surface area contributed by atoms with Gasteiger partial charge in [0.15, 0.2) is 0 Å². The fraction of sp³-hybridized carbons (Fsp3) is 0.357. The highest BCUT2D eigenvalue weighted by Crippen LogP contribution is 2.19. The molecule has 17 heavy (non-hydrogen) atoms. The van der Waals surface area contributed by atoms with Crippen LogP contribution >= 0.6 is 0 Å². The summed E-state index contributed by atoms with van der Waals surface area (Å²) in [6.45, 7) is 6.20. The van der Waals surface area contributed by atoms with Crippen molar-refractivity contribution < 1.29 is 0 Å². The smallest absolute Gasteiger partial charge is 0.0997 e. The van der Waals surface area contributed by atoms with Crippen LogP contribution < -0.4 is 5.73 Å². The average molecular weight is 229 g/mol. The molecule has 1 atom stereocenters. The van der Waals surface area contributed by atoms with Crippen LogP contribution in [-0.2, 0) is 0 Å². The minimum Gasteiger partial charge on any atom is -0.324 e. The minimum atomic E-state index is 0.111. The minimum absolute atomic E-state index is 0.111. The van der Waals surface area contributed by atoms with Crippen LogP contribution in [0.1, 0.15) is 36.3 Å². The topological polar surface area (TPSA) is 43.8 Å². The largest absolute Gasteiger partial charge is 0.324 e. The zero-order valence-electron chi connectivity index (χ0n) is 10.6. The number of aromatic nitrogens is 2. The van der Waals surface area contributed by atoms with Crippen LogP contribution in [0.5, 0.6) is 0 Å². The van der Waals surface area contributed by atoms with Gasteiger partial charge in [-0.2, -0.15) is 0 Å². The normalized spacial score (nSPS) is 12.7. The van der Waals surface area contributed by atoms with Gasteiger partial charge in [-0.3, -0.25) is 0 Å². The number of hydrogen-bond acceptors (Lipinski definition) is 2. The van der Waals surface area contributed by atoms with Gasteiger partial charge in [-0.05, 0) is 38.0 Å². The van der Waals surface area contributed by atoms with E-state index in [0.717, 1.165) is 17.8 Å². The fourth-order valence-electron chi connectivity index (χ4n) is 1.90. The molecule has 2 N–H and O–H groups in total. The van der Waals surface area contributed by atoms with Crippen LogP contribution in [-0.4, -0.2) is 9.55 Å². The van der Waals surface area contributed by atoms with Gasteiger partial charge in [0, 0.05) is 17.4 Å². The molecule has 2 rings (SSSR count). The molecule has 0 amide bonds. The van der Waals surface area contributed by atoms with E-state index < -0.39 is 0 Å². The molecule has 0 aliphatic carbocycles. The molecule has 0 fully saturated rings. The first kappa shape index (κ1) is 11.9. The summed E-state index contributed by atoms with van der Waals surface area (Å²) >= 11 is 0. The summed E-state index contributed by atoms with van der Waals surface area (Å²) in [7, 11) is 0. The second-order valence-corrected chi connectivity index (χ2v) is 4.40. The third kappa shape index (κ3) is 2.24. The van der Waals surface area contributed by atoms with Crippen molar-refractivity contribution in [2.45, 2.75) is 33.2 Å². The molecule has 0 spiro atoms. The zero-order valence-corrected chi connectivity index (χ0v) is 10.6. The lowest BCUT2D eigenvalue weighted by molar-refractivity contribution is 0.698. The number of hydrogen-bond donors (Lipinski definition) is 1. The van der Waals surface area contributed by atoms with Gasteiger partial charge in [0.05, 0.1) is 12.0 Å². The Balaban J connectivity index is 2.43. The highest BCUT2D eigenvalue weighted by atomic mass is 15.1. The standard InChI is InChI=1S/C14H19N3/c1-4-14(15)12-6-5-7-13(8-12)17-9-16-10(2)11(17)3/h5-9,14H,4,15H2,1-3H3. The lowest BCUT2D eigenvalue weighted by Gasteiger charge is -2.12. The molecule has 0 saturated carbocycles. The second-order valence-electron chi connectivity index (χ2n) is 4.40. The summed E-state index contributed by atoms with van der Waals surface area (Å²) < 4.78 is 2.10.